The standard InChI is InChI=1S/C22H23BrN2O5/c1-5-10-30-21-17(23)11-15(12-20(21)27-4)14-24-25-22(26)16-8-9-18(28-6-2)19(13-16)29-7-3/h1,8-9,11-14H,6-7,10H2,2-4H3,(H,25,26)/b24-14+. The lowest BCUT2D eigenvalue weighted by atomic mass is 10.2. The lowest BCUT2D eigenvalue weighted by Crippen LogP contribution is -2.17. The number of nitrogens with zero attached hydrogens (tertiary/aromatic N) is 1. The summed E-state index contributed by atoms with van der Waals surface area (Å²) in [6.07, 6.45) is 6.73. The highest BCUT2D eigenvalue weighted by Gasteiger charge is 2.12. The number of carbonyl (C=O) groups is 1. The molecule has 0 bridgehead atoms. The molecule has 0 unspecified atom stereocenters. The molecule has 0 saturated heterocycles. The van der Waals surface area contributed by atoms with Gasteiger partial charge in [0.25, 0.3) is 5.91 Å². The molecule has 0 spiro atoms. The lowest BCUT2D eigenvalue weighted by Gasteiger charge is -2.12. The molecule has 30 heavy (non-hydrogen) atoms. The molecule has 0 heterocycles. The summed E-state index contributed by atoms with van der Waals surface area (Å²) in [5.74, 6) is 4.10. The molecule has 0 radical (unpaired) electrons. The fourth-order valence-electron chi connectivity index (χ4n) is 2.49. The normalized spacial score (nSPS) is 10.4. The predicted molar refractivity (Wildman–Crippen MR) is 119 cm³/mol. The van der Waals surface area contributed by atoms with Crippen LogP contribution in [0.2, 0.25) is 0 Å². The second kappa shape index (κ2) is 11.7. The van der Waals surface area contributed by atoms with Crippen LogP contribution in [0.25, 0.3) is 0 Å². The van der Waals surface area contributed by atoms with Crippen molar-refractivity contribution >= 4 is 28.1 Å². The van der Waals surface area contributed by atoms with Gasteiger partial charge in [-0.05, 0) is 65.7 Å². The van der Waals surface area contributed by atoms with Gasteiger partial charge in [-0.25, -0.2) is 5.43 Å². The summed E-state index contributed by atoms with van der Waals surface area (Å²) < 4.78 is 22.5. The Morgan fingerprint density at radius 2 is 1.87 bits per heavy atom. The minimum atomic E-state index is -0.379. The number of hydrogen-bond donors (Lipinski definition) is 1. The minimum Gasteiger partial charge on any atom is -0.493 e. The first-order valence-corrected chi connectivity index (χ1v) is 10.00. The molecule has 8 heteroatoms. The van der Waals surface area contributed by atoms with Crippen molar-refractivity contribution in [1.29, 1.82) is 0 Å². The highest BCUT2D eigenvalue weighted by Crippen LogP contribution is 2.36. The monoisotopic (exact) mass is 474 g/mol. The summed E-state index contributed by atoms with van der Waals surface area (Å²) in [6, 6.07) is 8.46. The maximum atomic E-state index is 12.4. The van der Waals surface area contributed by atoms with E-state index in [-0.39, 0.29) is 12.5 Å². The summed E-state index contributed by atoms with van der Waals surface area (Å²) >= 11 is 3.42. The Kier molecular flexibility index (Phi) is 9.03. The smallest absolute Gasteiger partial charge is 0.271 e. The molecule has 0 aliphatic carbocycles. The maximum absolute atomic E-state index is 12.4. The van der Waals surface area contributed by atoms with Crippen molar-refractivity contribution < 1.29 is 23.7 Å². The number of benzene rings is 2. The Morgan fingerprint density at radius 1 is 1.13 bits per heavy atom. The van der Waals surface area contributed by atoms with Gasteiger partial charge in [0.1, 0.15) is 6.61 Å². The van der Waals surface area contributed by atoms with E-state index in [1.54, 1.807) is 30.3 Å². The third kappa shape index (κ3) is 6.16. The lowest BCUT2D eigenvalue weighted by molar-refractivity contribution is 0.0954. The third-order valence-corrected chi connectivity index (χ3v) is 4.33. The Balaban J connectivity index is 2.13. The number of terminal acetylenes is 1. The summed E-state index contributed by atoms with van der Waals surface area (Å²) in [5, 5.41) is 4.01. The molecule has 0 aliphatic rings. The summed E-state index contributed by atoms with van der Waals surface area (Å²) in [4.78, 5) is 12.4. The van der Waals surface area contributed by atoms with Crippen molar-refractivity contribution in [3.8, 4) is 35.3 Å². The van der Waals surface area contributed by atoms with E-state index < -0.39 is 0 Å². The van der Waals surface area contributed by atoms with Crippen LogP contribution in [0, 0.1) is 12.3 Å². The Morgan fingerprint density at radius 3 is 2.53 bits per heavy atom. The molecule has 158 valence electrons. The van der Waals surface area contributed by atoms with E-state index >= 15 is 0 Å². The first kappa shape index (κ1) is 23.1. The highest BCUT2D eigenvalue weighted by atomic mass is 79.9. The Bertz CT molecular complexity index is 953. The number of methoxy groups -OCH3 is 1. The van der Waals surface area contributed by atoms with Crippen molar-refractivity contribution in [3.63, 3.8) is 0 Å². The van der Waals surface area contributed by atoms with Crippen LogP contribution in [0.3, 0.4) is 0 Å². The predicted octanol–water partition coefficient (Wildman–Crippen LogP) is 4.03. The van der Waals surface area contributed by atoms with Gasteiger partial charge < -0.3 is 18.9 Å². The molecule has 1 amide bonds. The van der Waals surface area contributed by atoms with Gasteiger partial charge >= 0.3 is 0 Å². The zero-order chi connectivity index (χ0) is 21.9. The molecular weight excluding hydrogens is 452 g/mol. The van der Waals surface area contributed by atoms with E-state index in [1.165, 1.54) is 13.3 Å². The van der Waals surface area contributed by atoms with E-state index in [1.807, 2.05) is 13.8 Å². The topological polar surface area (TPSA) is 78.4 Å². The van der Waals surface area contributed by atoms with Crippen LogP contribution < -0.4 is 24.4 Å². The molecule has 0 aromatic heterocycles. The van der Waals surface area contributed by atoms with Crippen LogP contribution in [0.15, 0.2) is 39.9 Å². The number of halogens is 1. The van der Waals surface area contributed by atoms with E-state index in [0.29, 0.717) is 51.8 Å². The van der Waals surface area contributed by atoms with Gasteiger partial charge in [-0.2, -0.15) is 5.10 Å². The van der Waals surface area contributed by atoms with Crippen molar-refractivity contribution in [3.05, 3.63) is 45.9 Å². The summed E-state index contributed by atoms with van der Waals surface area (Å²) in [6.45, 7) is 4.82. The number of carbonyl (C=O) groups excluding carboxylic acids is 1. The van der Waals surface area contributed by atoms with E-state index in [0.717, 1.165) is 0 Å². The molecular formula is C22H23BrN2O5. The van der Waals surface area contributed by atoms with Gasteiger partial charge in [0.2, 0.25) is 0 Å². The molecule has 2 rings (SSSR count). The van der Waals surface area contributed by atoms with Crippen molar-refractivity contribution in [1.82, 2.24) is 5.43 Å². The number of hydrogen-bond acceptors (Lipinski definition) is 6. The van der Waals surface area contributed by atoms with Gasteiger partial charge in [-0.15, -0.1) is 6.42 Å². The number of rotatable bonds is 10. The van der Waals surface area contributed by atoms with Gasteiger partial charge in [-0.3, -0.25) is 4.79 Å². The molecule has 2 aromatic rings. The zero-order valence-electron chi connectivity index (χ0n) is 17.0. The van der Waals surface area contributed by atoms with Gasteiger partial charge in [0, 0.05) is 5.56 Å². The molecule has 0 fully saturated rings. The van der Waals surface area contributed by atoms with Gasteiger partial charge in [0.05, 0.1) is 31.0 Å². The van der Waals surface area contributed by atoms with E-state index in [9.17, 15) is 4.79 Å². The summed E-state index contributed by atoms with van der Waals surface area (Å²) in [5.41, 5.74) is 3.58. The molecule has 0 atom stereocenters. The zero-order valence-corrected chi connectivity index (χ0v) is 18.6. The van der Waals surface area contributed by atoms with Crippen molar-refractivity contribution in [2.45, 2.75) is 13.8 Å². The maximum Gasteiger partial charge on any atom is 0.271 e. The average molecular weight is 475 g/mol. The van der Waals surface area contributed by atoms with Crippen molar-refractivity contribution in [2.75, 3.05) is 26.9 Å². The van der Waals surface area contributed by atoms with Gasteiger partial charge in [0.15, 0.2) is 23.0 Å². The van der Waals surface area contributed by atoms with E-state index in [4.69, 9.17) is 25.4 Å². The molecule has 0 aliphatic heterocycles. The molecule has 0 saturated carbocycles. The number of ether oxygens (including phenoxy) is 4. The fourth-order valence-corrected chi connectivity index (χ4v) is 3.06. The van der Waals surface area contributed by atoms with Crippen LogP contribution >= 0.6 is 15.9 Å². The van der Waals surface area contributed by atoms with Crippen molar-refractivity contribution in [2.24, 2.45) is 5.10 Å². The van der Waals surface area contributed by atoms with Crippen LogP contribution in [-0.2, 0) is 0 Å². The second-order valence-corrected chi connectivity index (χ2v) is 6.61. The molecule has 1 N–H and O–H groups in total. The van der Waals surface area contributed by atoms with Gasteiger partial charge in [-0.1, -0.05) is 5.92 Å². The third-order valence-electron chi connectivity index (χ3n) is 3.74. The van der Waals surface area contributed by atoms with Crippen LogP contribution in [0.4, 0.5) is 0 Å². The number of nitrogens with one attached hydrogen (secondary N) is 1. The number of hydrazone groups is 1. The average Bonchev–Trinajstić information content (AvgIpc) is 2.74. The molecule has 2 aromatic carbocycles. The molecule has 7 nitrogen and oxygen atoms in total. The second-order valence-electron chi connectivity index (χ2n) is 5.75. The first-order valence-electron chi connectivity index (χ1n) is 9.20. The Labute approximate surface area is 184 Å². The Hall–Kier alpha value is -3.18. The minimum absolute atomic E-state index is 0.115. The number of amides is 1. The van der Waals surface area contributed by atoms with E-state index in [2.05, 4.69) is 32.4 Å². The fraction of sp³-hybridized carbons (Fsp3) is 0.273. The van der Waals surface area contributed by atoms with Crippen LogP contribution in [0.1, 0.15) is 29.8 Å². The van der Waals surface area contributed by atoms with Crippen LogP contribution in [-0.4, -0.2) is 39.1 Å². The first-order chi connectivity index (χ1) is 14.5. The quantitative estimate of drug-likeness (QED) is 0.319. The van der Waals surface area contributed by atoms with Crippen LogP contribution in [0.5, 0.6) is 23.0 Å². The summed E-state index contributed by atoms with van der Waals surface area (Å²) in [7, 11) is 1.52. The largest absolute Gasteiger partial charge is 0.493 e. The highest BCUT2D eigenvalue weighted by molar-refractivity contribution is 9.10. The SMILES string of the molecule is C#CCOc1c(Br)cc(/C=N/NC(=O)c2ccc(OCC)c(OCC)c2)cc1OC.